The number of thiophene rings is 2. The average molecular weight is 495 g/mol. The SMILES string of the molecule is CCCCCCCCCCC#Cc1ccsc1-c1sccc1C#CCCCCCCCCCC. The fourth-order valence-corrected chi connectivity index (χ4v) is 6.07. The molecule has 0 aromatic carbocycles. The number of rotatable bonds is 17. The molecule has 0 atom stereocenters. The summed E-state index contributed by atoms with van der Waals surface area (Å²) in [6, 6.07) is 4.36. The number of unbranched alkanes of at least 4 members (excludes halogenated alkanes) is 16. The second-order valence-corrected chi connectivity index (χ2v) is 11.2. The van der Waals surface area contributed by atoms with E-state index in [1.807, 2.05) is 0 Å². The van der Waals surface area contributed by atoms with Gasteiger partial charge in [-0.3, -0.25) is 0 Å². The number of hydrogen-bond donors (Lipinski definition) is 0. The van der Waals surface area contributed by atoms with Crippen LogP contribution in [0.4, 0.5) is 0 Å². The van der Waals surface area contributed by atoms with Gasteiger partial charge in [-0.05, 0) is 35.7 Å². The highest BCUT2D eigenvalue weighted by molar-refractivity contribution is 7.20. The van der Waals surface area contributed by atoms with E-state index < -0.39 is 0 Å². The molecule has 0 radical (unpaired) electrons. The van der Waals surface area contributed by atoms with Crippen molar-refractivity contribution in [3.63, 3.8) is 0 Å². The lowest BCUT2D eigenvalue weighted by Crippen LogP contribution is -1.81. The Kier molecular flexibility index (Phi) is 16.7. The first-order valence-electron chi connectivity index (χ1n) is 14.0. The van der Waals surface area contributed by atoms with Crippen LogP contribution in [0.1, 0.15) is 141 Å². The van der Waals surface area contributed by atoms with E-state index in [4.69, 9.17) is 0 Å². The molecule has 0 amide bonds. The lowest BCUT2D eigenvalue weighted by molar-refractivity contribution is 0.579. The monoisotopic (exact) mass is 494 g/mol. The van der Waals surface area contributed by atoms with Crippen LogP contribution in [0.3, 0.4) is 0 Å². The van der Waals surface area contributed by atoms with Gasteiger partial charge in [0.25, 0.3) is 0 Å². The quantitative estimate of drug-likeness (QED) is 0.151. The lowest BCUT2D eigenvalue weighted by Gasteiger charge is -1.99. The van der Waals surface area contributed by atoms with Gasteiger partial charge in [-0.15, -0.1) is 22.7 Å². The van der Waals surface area contributed by atoms with Gasteiger partial charge in [0.15, 0.2) is 0 Å². The molecule has 0 N–H and O–H groups in total. The molecule has 34 heavy (non-hydrogen) atoms. The van der Waals surface area contributed by atoms with Gasteiger partial charge >= 0.3 is 0 Å². The maximum atomic E-state index is 3.46. The first-order valence-corrected chi connectivity index (χ1v) is 15.8. The summed E-state index contributed by atoms with van der Waals surface area (Å²) in [5.41, 5.74) is 2.36. The van der Waals surface area contributed by atoms with Gasteiger partial charge in [0.05, 0.1) is 9.75 Å². The van der Waals surface area contributed by atoms with Gasteiger partial charge in [0.2, 0.25) is 0 Å². The Morgan fingerprint density at radius 1 is 0.500 bits per heavy atom. The zero-order valence-electron chi connectivity index (χ0n) is 21.9. The standard InChI is InChI=1S/C32H46S2/c1-3-5-7-9-11-13-15-17-19-21-23-29-25-27-33-31(29)32-30(26-28-34-32)24-22-20-18-16-14-12-10-8-6-4-2/h25-28H,3-20H2,1-2H3. The van der Waals surface area contributed by atoms with Gasteiger partial charge in [-0.1, -0.05) is 127 Å². The molecule has 2 aromatic heterocycles. The summed E-state index contributed by atoms with van der Waals surface area (Å²) in [4.78, 5) is 2.60. The third-order valence-corrected chi connectivity index (χ3v) is 8.29. The fraction of sp³-hybridized carbons (Fsp3) is 0.625. The van der Waals surface area contributed by atoms with Crippen LogP contribution in [0.2, 0.25) is 0 Å². The molecule has 0 saturated carbocycles. The van der Waals surface area contributed by atoms with Crippen molar-refractivity contribution in [2.24, 2.45) is 0 Å². The molecular formula is C32H46S2. The van der Waals surface area contributed by atoms with Crippen molar-refractivity contribution < 1.29 is 0 Å². The second-order valence-electron chi connectivity index (χ2n) is 9.38. The summed E-state index contributed by atoms with van der Waals surface area (Å²) in [6.07, 6.45) is 23.7. The Balaban J connectivity index is 1.72. The van der Waals surface area contributed by atoms with Crippen molar-refractivity contribution in [2.75, 3.05) is 0 Å². The molecule has 0 aliphatic rings. The molecule has 0 fully saturated rings. The van der Waals surface area contributed by atoms with Gasteiger partial charge < -0.3 is 0 Å². The van der Waals surface area contributed by atoms with E-state index in [0.29, 0.717) is 0 Å². The molecule has 2 heteroatoms. The Labute approximate surface area is 219 Å². The van der Waals surface area contributed by atoms with E-state index in [0.717, 1.165) is 12.8 Å². The maximum Gasteiger partial charge on any atom is 0.0611 e. The summed E-state index contributed by atoms with van der Waals surface area (Å²) in [6.45, 7) is 4.56. The second kappa shape index (κ2) is 19.8. The highest BCUT2D eigenvalue weighted by atomic mass is 32.1. The molecular weight excluding hydrogens is 448 g/mol. The average Bonchev–Trinajstić information content (AvgIpc) is 3.50. The summed E-state index contributed by atoms with van der Waals surface area (Å²) in [5.74, 6) is 13.8. The van der Waals surface area contributed by atoms with Crippen LogP contribution >= 0.6 is 22.7 Å². The summed E-state index contributed by atoms with van der Waals surface area (Å²) in [5, 5.41) is 4.35. The summed E-state index contributed by atoms with van der Waals surface area (Å²) in [7, 11) is 0. The molecule has 0 nitrogen and oxygen atoms in total. The third-order valence-electron chi connectivity index (χ3n) is 6.29. The normalized spacial score (nSPS) is 10.5. The van der Waals surface area contributed by atoms with Crippen LogP contribution in [0.5, 0.6) is 0 Å². The van der Waals surface area contributed by atoms with E-state index in [1.54, 1.807) is 22.7 Å². The van der Waals surface area contributed by atoms with E-state index in [2.05, 4.69) is 60.4 Å². The van der Waals surface area contributed by atoms with Crippen LogP contribution < -0.4 is 0 Å². The zero-order chi connectivity index (χ0) is 24.1. The van der Waals surface area contributed by atoms with E-state index in [1.165, 1.54) is 124 Å². The topological polar surface area (TPSA) is 0 Å². The van der Waals surface area contributed by atoms with Crippen molar-refractivity contribution in [2.45, 2.75) is 129 Å². The first kappa shape index (κ1) is 28.8. The molecule has 2 aromatic rings. The molecule has 0 saturated heterocycles. The van der Waals surface area contributed by atoms with E-state index >= 15 is 0 Å². The summed E-state index contributed by atoms with van der Waals surface area (Å²) >= 11 is 3.60. The minimum absolute atomic E-state index is 1.01. The van der Waals surface area contributed by atoms with Crippen LogP contribution in [0.25, 0.3) is 9.75 Å². The molecule has 2 heterocycles. The zero-order valence-corrected chi connectivity index (χ0v) is 23.5. The molecule has 186 valence electrons. The molecule has 0 spiro atoms. The largest absolute Gasteiger partial charge is 0.142 e. The first-order chi connectivity index (χ1) is 16.9. The Morgan fingerprint density at radius 2 is 0.853 bits per heavy atom. The summed E-state index contributed by atoms with van der Waals surface area (Å²) < 4.78 is 0. The maximum absolute atomic E-state index is 3.46. The molecule has 0 bridgehead atoms. The Bertz CT molecular complexity index is 803. The lowest BCUT2D eigenvalue weighted by atomic mass is 10.1. The smallest absolute Gasteiger partial charge is 0.0611 e. The molecule has 0 unspecified atom stereocenters. The van der Waals surface area contributed by atoms with Crippen molar-refractivity contribution in [1.29, 1.82) is 0 Å². The highest BCUT2D eigenvalue weighted by Gasteiger charge is 2.10. The van der Waals surface area contributed by atoms with E-state index in [-0.39, 0.29) is 0 Å². The van der Waals surface area contributed by atoms with Crippen molar-refractivity contribution in [3.05, 3.63) is 34.0 Å². The van der Waals surface area contributed by atoms with Gasteiger partial charge in [0.1, 0.15) is 0 Å². The van der Waals surface area contributed by atoms with Crippen LogP contribution in [0, 0.1) is 23.7 Å². The fourth-order valence-electron chi connectivity index (χ4n) is 4.18. The van der Waals surface area contributed by atoms with Gasteiger partial charge in [0, 0.05) is 24.0 Å². The van der Waals surface area contributed by atoms with Crippen LogP contribution in [-0.4, -0.2) is 0 Å². The van der Waals surface area contributed by atoms with Gasteiger partial charge in [-0.25, -0.2) is 0 Å². The van der Waals surface area contributed by atoms with E-state index in [9.17, 15) is 0 Å². The van der Waals surface area contributed by atoms with Gasteiger partial charge in [-0.2, -0.15) is 0 Å². The van der Waals surface area contributed by atoms with Crippen LogP contribution in [-0.2, 0) is 0 Å². The predicted molar refractivity (Wildman–Crippen MR) is 156 cm³/mol. The molecule has 0 aliphatic heterocycles. The minimum atomic E-state index is 1.01. The van der Waals surface area contributed by atoms with Crippen LogP contribution in [0.15, 0.2) is 22.9 Å². The molecule has 0 aliphatic carbocycles. The minimum Gasteiger partial charge on any atom is -0.142 e. The third kappa shape index (κ3) is 12.3. The molecule has 2 rings (SSSR count). The highest BCUT2D eigenvalue weighted by Crippen LogP contribution is 2.35. The Morgan fingerprint density at radius 3 is 1.24 bits per heavy atom. The number of hydrogen-bond acceptors (Lipinski definition) is 2. The Hall–Kier alpha value is -1.48. The van der Waals surface area contributed by atoms with Crippen molar-refractivity contribution in [1.82, 2.24) is 0 Å². The predicted octanol–water partition coefficient (Wildman–Crippen LogP) is 11.2. The van der Waals surface area contributed by atoms with Crippen molar-refractivity contribution in [3.8, 4) is 33.4 Å². The van der Waals surface area contributed by atoms with Crippen molar-refractivity contribution >= 4 is 22.7 Å².